The molecule has 1 heterocycles. The number of thioether (sulfide) groups is 1. The number of aromatic nitrogens is 3. The third-order valence-electron chi connectivity index (χ3n) is 5.13. The molecule has 0 aliphatic heterocycles. The monoisotopic (exact) mass is 515 g/mol. The Balaban J connectivity index is 1.62. The zero-order chi connectivity index (χ0) is 25.5. The maximum atomic E-state index is 12.7. The molecule has 3 aromatic rings. The number of hydrogen-bond acceptors (Lipinski definition) is 7. The number of esters is 1. The van der Waals surface area contributed by atoms with Gasteiger partial charge in [0.2, 0.25) is 5.91 Å². The van der Waals surface area contributed by atoms with E-state index >= 15 is 0 Å². The first-order valence-electron chi connectivity index (χ1n) is 10.8. The lowest BCUT2D eigenvalue weighted by atomic mass is 10.0. The van der Waals surface area contributed by atoms with E-state index in [1.54, 1.807) is 60.1 Å². The van der Waals surface area contributed by atoms with Crippen LogP contribution in [0.1, 0.15) is 46.4 Å². The van der Waals surface area contributed by atoms with E-state index < -0.39 is 5.97 Å². The van der Waals surface area contributed by atoms with Gasteiger partial charge < -0.3 is 19.9 Å². The van der Waals surface area contributed by atoms with Gasteiger partial charge in [0.25, 0.3) is 5.91 Å². The molecule has 0 saturated heterocycles. The molecule has 0 fully saturated rings. The fraction of sp³-hybridized carbons (Fsp3) is 0.292. The second-order valence-electron chi connectivity index (χ2n) is 8.01. The van der Waals surface area contributed by atoms with Crippen LogP contribution in [0.5, 0.6) is 0 Å². The van der Waals surface area contributed by atoms with Crippen LogP contribution in [0.25, 0.3) is 0 Å². The number of amides is 2. The van der Waals surface area contributed by atoms with E-state index in [-0.39, 0.29) is 29.5 Å². The molecule has 0 spiro atoms. The molecule has 0 unspecified atom stereocenters. The lowest BCUT2D eigenvalue weighted by Crippen LogP contribution is -2.33. The second-order valence-corrected chi connectivity index (χ2v) is 9.39. The molecular weight excluding hydrogens is 490 g/mol. The summed E-state index contributed by atoms with van der Waals surface area (Å²) in [7, 11) is 3.11. The topological polar surface area (TPSA) is 115 Å². The lowest BCUT2D eigenvalue weighted by Gasteiger charge is -2.21. The standard InChI is InChI=1S/C24H26ClN5O4S/c1-14(2)20(27-22(32)15-5-9-17(25)10-6-15)21-28-29-24(30(21)3)35-13-19(31)26-18-11-7-16(8-12-18)23(33)34-4/h5-12,14,20H,13H2,1-4H3,(H,26,31)(H,27,32)/t20-/m0/s1. The fourth-order valence-electron chi connectivity index (χ4n) is 3.21. The molecule has 3 rings (SSSR count). The summed E-state index contributed by atoms with van der Waals surface area (Å²) in [5.74, 6) is -0.182. The highest BCUT2D eigenvalue weighted by atomic mass is 35.5. The Morgan fingerprint density at radius 2 is 1.66 bits per heavy atom. The molecule has 0 bridgehead atoms. The molecule has 0 radical (unpaired) electrons. The number of ether oxygens (including phenoxy) is 1. The molecule has 9 nitrogen and oxygen atoms in total. The smallest absolute Gasteiger partial charge is 0.337 e. The van der Waals surface area contributed by atoms with Crippen molar-refractivity contribution in [2.45, 2.75) is 25.0 Å². The number of rotatable bonds is 9. The number of carbonyl (C=O) groups is 3. The molecule has 35 heavy (non-hydrogen) atoms. The van der Waals surface area contributed by atoms with E-state index in [1.807, 2.05) is 13.8 Å². The van der Waals surface area contributed by atoms with E-state index in [9.17, 15) is 14.4 Å². The highest BCUT2D eigenvalue weighted by Crippen LogP contribution is 2.25. The zero-order valence-electron chi connectivity index (χ0n) is 19.7. The van der Waals surface area contributed by atoms with Crippen LogP contribution in [0.2, 0.25) is 5.02 Å². The van der Waals surface area contributed by atoms with Gasteiger partial charge in [-0.2, -0.15) is 0 Å². The molecule has 1 atom stereocenters. The highest BCUT2D eigenvalue weighted by molar-refractivity contribution is 7.99. The van der Waals surface area contributed by atoms with Crippen molar-refractivity contribution in [2.75, 3.05) is 18.2 Å². The van der Waals surface area contributed by atoms with Gasteiger partial charge in [-0.1, -0.05) is 37.2 Å². The average molecular weight is 516 g/mol. The summed E-state index contributed by atoms with van der Waals surface area (Å²) in [5, 5.41) is 15.4. The number of carbonyl (C=O) groups excluding carboxylic acids is 3. The van der Waals surface area contributed by atoms with Crippen molar-refractivity contribution in [3.8, 4) is 0 Å². The summed E-state index contributed by atoms with van der Waals surface area (Å²) in [4.78, 5) is 36.6. The lowest BCUT2D eigenvalue weighted by molar-refractivity contribution is -0.113. The maximum Gasteiger partial charge on any atom is 0.337 e. The van der Waals surface area contributed by atoms with E-state index in [0.29, 0.717) is 32.8 Å². The van der Waals surface area contributed by atoms with Gasteiger partial charge in [0.15, 0.2) is 11.0 Å². The minimum atomic E-state index is -0.444. The first-order valence-corrected chi connectivity index (χ1v) is 12.1. The molecule has 2 amide bonds. The normalized spacial score (nSPS) is 11.7. The Morgan fingerprint density at radius 3 is 2.26 bits per heavy atom. The van der Waals surface area contributed by atoms with Crippen LogP contribution < -0.4 is 10.6 Å². The van der Waals surface area contributed by atoms with Crippen LogP contribution in [0.15, 0.2) is 53.7 Å². The van der Waals surface area contributed by atoms with Gasteiger partial charge >= 0.3 is 5.97 Å². The van der Waals surface area contributed by atoms with E-state index in [2.05, 4.69) is 25.6 Å². The van der Waals surface area contributed by atoms with Gasteiger partial charge in [0.05, 0.1) is 24.5 Å². The Hall–Kier alpha value is -3.37. The Kier molecular flexibility index (Phi) is 8.89. The second kappa shape index (κ2) is 11.9. The summed E-state index contributed by atoms with van der Waals surface area (Å²) in [6.07, 6.45) is 0. The van der Waals surface area contributed by atoms with Crippen LogP contribution in [0.3, 0.4) is 0 Å². The predicted octanol–water partition coefficient (Wildman–Crippen LogP) is 4.11. The van der Waals surface area contributed by atoms with Crippen molar-refractivity contribution in [1.29, 1.82) is 0 Å². The predicted molar refractivity (Wildman–Crippen MR) is 135 cm³/mol. The van der Waals surface area contributed by atoms with E-state index in [4.69, 9.17) is 11.6 Å². The molecule has 0 aliphatic carbocycles. The minimum absolute atomic E-state index is 0.0447. The maximum absolute atomic E-state index is 12.7. The van der Waals surface area contributed by atoms with E-state index in [1.165, 1.54) is 18.9 Å². The largest absolute Gasteiger partial charge is 0.465 e. The number of halogens is 1. The summed E-state index contributed by atoms with van der Waals surface area (Å²) in [6.45, 7) is 3.96. The molecule has 1 aromatic heterocycles. The van der Waals surface area contributed by atoms with Gasteiger partial charge in [-0.3, -0.25) is 9.59 Å². The quantitative estimate of drug-likeness (QED) is 0.325. The first-order chi connectivity index (χ1) is 16.7. The Bertz CT molecular complexity index is 1200. The van der Waals surface area contributed by atoms with Crippen LogP contribution in [-0.2, 0) is 16.6 Å². The fourth-order valence-corrected chi connectivity index (χ4v) is 4.06. The number of methoxy groups -OCH3 is 1. The molecule has 2 N–H and O–H groups in total. The van der Waals surface area contributed by atoms with Crippen LogP contribution >= 0.6 is 23.4 Å². The third-order valence-corrected chi connectivity index (χ3v) is 6.40. The molecule has 0 saturated carbocycles. The molecule has 0 aliphatic rings. The third kappa shape index (κ3) is 6.83. The van der Waals surface area contributed by atoms with Crippen molar-refractivity contribution in [1.82, 2.24) is 20.1 Å². The average Bonchev–Trinajstić information content (AvgIpc) is 3.21. The van der Waals surface area contributed by atoms with Crippen LogP contribution in [0.4, 0.5) is 5.69 Å². The van der Waals surface area contributed by atoms with Crippen molar-refractivity contribution in [3.05, 3.63) is 70.5 Å². The summed E-state index contributed by atoms with van der Waals surface area (Å²) in [5.41, 5.74) is 1.45. The Labute approximate surface area is 212 Å². The van der Waals surface area contributed by atoms with Crippen molar-refractivity contribution in [3.63, 3.8) is 0 Å². The molecule has 11 heteroatoms. The van der Waals surface area contributed by atoms with Gasteiger partial charge in [0, 0.05) is 23.3 Å². The van der Waals surface area contributed by atoms with Crippen molar-refractivity contribution in [2.24, 2.45) is 13.0 Å². The van der Waals surface area contributed by atoms with Gasteiger partial charge in [-0.25, -0.2) is 4.79 Å². The molecule has 184 valence electrons. The number of hydrogen-bond donors (Lipinski definition) is 2. The number of nitrogens with one attached hydrogen (secondary N) is 2. The van der Waals surface area contributed by atoms with E-state index in [0.717, 1.165) is 0 Å². The van der Waals surface area contributed by atoms with Crippen LogP contribution in [0, 0.1) is 5.92 Å². The molecular formula is C24H26ClN5O4S. The summed E-state index contributed by atoms with van der Waals surface area (Å²) in [6, 6.07) is 12.7. The SMILES string of the molecule is COC(=O)c1ccc(NC(=O)CSc2nnc([C@@H](NC(=O)c3ccc(Cl)cc3)C(C)C)n2C)cc1. The van der Waals surface area contributed by atoms with Gasteiger partial charge in [-0.05, 0) is 54.4 Å². The van der Waals surface area contributed by atoms with Gasteiger partial charge in [-0.15, -0.1) is 10.2 Å². The first kappa shape index (κ1) is 26.2. The zero-order valence-corrected chi connectivity index (χ0v) is 21.3. The van der Waals surface area contributed by atoms with Gasteiger partial charge in [0.1, 0.15) is 0 Å². The van der Waals surface area contributed by atoms with Crippen molar-refractivity contribution < 1.29 is 19.1 Å². The molecule has 2 aromatic carbocycles. The minimum Gasteiger partial charge on any atom is -0.465 e. The summed E-state index contributed by atoms with van der Waals surface area (Å²) < 4.78 is 6.44. The highest BCUT2D eigenvalue weighted by Gasteiger charge is 2.25. The van der Waals surface area contributed by atoms with Crippen molar-refractivity contribution >= 4 is 46.8 Å². The Morgan fingerprint density at radius 1 is 1.03 bits per heavy atom. The number of benzene rings is 2. The summed E-state index contributed by atoms with van der Waals surface area (Å²) >= 11 is 7.14. The number of nitrogens with zero attached hydrogens (tertiary/aromatic N) is 3. The number of anilines is 1. The van der Waals surface area contributed by atoms with Crippen LogP contribution in [-0.4, -0.2) is 45.4 Å².